The number of benzene rings is 1. The lowest BCUT2D eigenvalue weighted by Gasteiger charge is -2.05. The molecular formula is C17H11N3O. The Morgan fingerprint density at radius 1 is 0.905 bits per heavy atom. The normalized spacial score (nSPS) is 11.0. The first-order valence-electron chi connectivity index (χ1n) is 6.65. The standard InChI is InChI=1S/C17H11N3O/c21-17-14-10-13(12-6-2-1-3-7-12)11-18-16(14)19-15-8-4-5-9-20(15)17/h1-11H. The molecule has 4 rings (SSSR count). The molecule has 4 heteroatoms. The van der Waals surface area contributed by atoms with Gasteiger partial charge in [-0.25, -0.2) is 9.97 Å². The topological polar surface area (TPSA) is 47.3 Å². The molecule has 21 heavy (non-hydrogen) atoms. The molecule has 0 saturated heterocycles. The van der Waals surface area contributed by atoms with Gasteiger partial charge in [0.05, 0.1) is 5.39 Å². The van der Waals surface area contributed by atoms with E-state index in [2.05, 4.69) is 9.97 Å². The van der Waals surface area contributed by atoms with E-state index in [0.29, 0.717) is 16.7 Å². The van der Waals surface area contributed by atoms with E-state index in [4.69, 9.17) is 0 Å². The van der Waals surface area contributed by atoms with E-state index in [1.165, 1.54) is 0 Å². The third-order valence-corrected chi connectivity index (χ3v) is 3.48. The van der Waals surface area contributed by atoms with Gasteiger partial charge in [-0.1, -0.05) is 36.4 Å². The summed E-state index contributed by atoms with van der Waals surface area (Å²) >= 11 is 0. The van der Waals surface area contributed by atoms with E-state index in [1.807, 2.05) is 48.5 Å². The molecule has 0 unspecified atom stereocenters. The minimum atomic E-state index is -0.0964. The van der Waals surface area contributed by atoms with Crippen molar-refractivity contribution in [2.24, 2.45) is 0 Å². The van der Waals surface area contributed by atoms with Crippen molar-refractivity contribution in [3.63, 3.8) is 0 Å². The van der Waals surface area contributed by atoms with Crippen molar-refractivity contribution in [2.45, 2.75) is 0 Å². The Labute approximate surface area is 120 Å². The number of fused-ring (bicyclic) bond motifs is 2. The van der Waals surface area contributed by atoms with Gasteiger partial charge in [0, 0.05) is 18.0 Å². The highest BCUT2D eigenvalue weighted by molar-refractivity contribution is 5.81. The van der Waals surface area contributed by atoms with Gasteiger partial charge in [-0.3, -0.25) is 9.20 Å². The molecule has 100 valence electrons. The Hall–Kier alpha value is -3.01. The summed E-state index contributed by atoms with van der Waals surface area (Å²) in [4.78, 5) is 21.3. The average Bonchev–Trinajstić information content (AvgIpc) is 2.56. The number of hydrogen-bond donors (Lipinski definition) is 0. The lowest BCUT2D eigenvalue weighted by Crippen LogP contribution is -2.15. The molecule has 0 aliphatic rings. The Morgan fingerprint density at radius 2 is 1.71 bits per heavy atom. The molecule has 0 fully saturated rings. The first kappa shape index (κ1) is 11.8. The van der Waals surface area contributed by atoms with Gasteiger partial charge >= 0.3 is 0 Å². The predicted molar refractivity (Wildman–Crippen MR) is 82.2 cm³/mol. The van der Waals surface area contributed by atoms with E-state index in [-0.39, 0.29) is 5.56 Å². The minimum absolute atomic E-state index is 0.0964. The summed E-state index contributed by atoms with van der Waals surface area (Å²) in [6, 6.07) is 17.2. The highest BCUT2D eigenvalue weighted by atomic mass is 16.1. The number of hydrogen-bond acceptors (Lipinski definition) is 3. The van der Waals surface area contributed by atoms with E-state index in [0.717, 1.165) is 11.1 Å². The molecule has 3 aromatic heterocycles. The summed E-state index contributed by atoms with van der Waals surface area (Å²) in [7, 11) is 0. The monoisotopic (exact) mass is 273 g/mol. The highest BCUT2D eigenvalue weighted by Crippen LogP contribution is 2.20. The largest absolute Gasteiger partial charge is 0.268 e. The zero-order valence-corrected chi connectivity index (χ0v) is 11.1. The molecule has 0 spiro atoms. The van der Waals surface area contributed by atoms with Crippen LogP contribution in [-0.4, -0.2) is 14.4 Å². The van der Waals surface area contributed by atoms with Crippen LogP contribution in [0.1, 0.15) is 0 Å². The molecule has 0 saturated carbocycles. The highest BCUT2D eigenvalue weighted by Gasteiger charge is 2.07. The summed E-state index contributed by atoms with van der Waals surface area (Å²) in [5.41, 5.74) is 2.93. The van der Waals surface area contributed by atoms with Gasteiger partial charge in [-0.2, -0.15) is 0 Å². The molecule has 0 aliphatic heterocycles. The zero-order valence-electron chi connectivity index (χ0n) is 11.1. The molecule has 1 aromatic carbocycles. The van der Waals surface area contributed by atoms with Crippen LogP contribution in [-0.2, 0) is 0 Å². The molecule has 4 nitrogen and oxygen atoms in total. The number of rotatable bonds is 1. The molecule has 0 bridgehead atoms. The molecule has 4 aromatic rings. The fourth-order valence-corrected chi connectivity index (χ4v) is 2.43. The smallest absolute Gasteiger partial charge is 0.267 e. The van der Waals surface area contributed by atoms with E-state index >= 15 is 0 Å². The predicted octanol–water partition coefficient (Wildman–Crippen LogP) is 2.91. The van der Waals surface area contributed by atoms with Crippen molar-refractivity contribution >= 4 is 16.7 Å². The molecule has 0 amide bonds. The number of nitrogens with zero attached hydrogens (tertiary/aromatic N) is 3. The van der Waals surface area contributed by atoms with Crippen molar-refractivity contribution in [2.75, 3.05) is 0 Å². The maximum atomic E-state index is 12.6. The fourth-order valence-electron chi connectivity index (χ4n) is 2.43. The maximum Gasteiger partial charge on any atom is 0.267 e. The van der Waals surface area contributed by atoms with Gasteiger partial charge in [0.15, 0.2) is 5.65 Å². The molecule has 0 aliphatic carbocycles. The summed E-state index contributed by atoms with van der Waals surface area (Å²) in [5, 5.41) is 0.528. The average molecular weight is 273 g/mol. The van der Waals surface area contributed by atoms with Crippen molar-refractivity contribution in [1.82, 2.24) is 14.4 Å². The Morgan fingerprint density at radius 3 is 2.57 bits per heavy atom. The lowest BCUT2D eigenvalue weighted by atomic mass is 10.1. The van der Waals surface area contributed by atoms with Gasteiger partial charge in [0.25, 0.3) is 5.56 Å². The second-order valence-corrected chi connectivity index (χ2v) is 4.81. The second kappa shape index (κ2) is 4.52. The van der Waals surface area contributed by atoms with Crippen LogP contribution in [0, 0.1) is 0 Å². The van der Waals surface area contributed by atoms with Crippen LogP contribution in [0.5, 0.6) is 0 Å². The van der Waals surface area contributed by atoms with Gasteiger partial charge in [-0.15, -0.1) is 0 Å². The number of pyridine rings is 2. The van der Waals surface area contributed by atoms with E-state index in [1.54, 1.807) is 22.9 Å². The molecule has 0 radical (unpaired) electrons. The maximum absolute atomic E-state index is 12.6. The van der Waals surface area contributed by atoms with E-state index < -0.39 is 0 Å². The van der Waals surface area contributed by atoms with Crippen molar-refractivity contribution in [1.29, 1.82) is 0 Å². The quantitative estimate of drug-likeness (QED) is 0.501. The van der Waals surface area contributed by atoms with Gasteiger partial charge in [-0.05, 0) is 23.8 Å². The summed E-state index contributed by atoms with van der Waals surface area (Å²) < 4.78 is 1.54. The Bertz CT molecular complexity index is 1010. The molecule has 0 atom stereocenters. The van der Waals surface area contributed by atoms with Crippen molar-refractivity contribution < 1.29 is 0 Å². The molecule has 3 heterocycles. The van der Waals surface area contributed by atoms with Crippen molar-refractivity contribution in [3.8, 4) is 11.1 Å². The van der Waals surface area contributed by atoms with Crippen LogP contribution >= 0.6 is 0 Å². The molecular weight excluding hydrogens is 262 g/mol. The zero-order chi connectivity index (χ0) is 14.2. The van der Waals surface area contributed by atoms with Crippen molar-refractivity contribution in [3.05, 3.63) is 77.3 Å². The summed E-state index contributed by atoms with van der Waals surface area (Å²) in [5.74, 6) is 0. The first-order chi connectivity index (χ1) is 10.3. The van der Waals surface area contributed by atoms with Crippen LogP contribution in [0.2, 0.25) is 0 Å². The summed E-state index contributed by atoms with van der Waals surface area (Å²) in [6.07, 6.45) is 3.48. The van der Waals surface area contributed by atoms with Gasteiger partial charge in [0.1, 0.15) is 5.65 Å². The fraction of sp³-hybridized carbons (Fsp3) is 0. The first-order valence-corrected chi connectivity index (χ1v) is 6.65. The van der Waals surface area contributed by atoms with Gasteiger partial charge in [0.2, 0.25) is 0 Å². The summed E-state index contributed by atoms with van der Waals surface area (Å²) in [6.45, 7) is 0. The SMILES string of the molecule is O=c1c2cc(-c3ccccc3)cnc2nc2ccccn12. The van der Waals surface area contributed by atoms with Gasteiger partial charge < -0.3 is 0 Å². The third-order valence-electron chi connectivity index (χ3n) is 3.48. The van der Waals surface area contributed by atoms with Crippen LogP contribution in [0.25, 0.3) is 27.8 Å². The van der Waals surface area contributed by atoms with Crippen LogP contribution < -0.4 is 5.56 Å². The van der Waals surface area contributed by atoms with E-state index in [9.17, 15) is 4.79 Å². The second-order valence-electron chi connectivity index (χ2n) is 4.81. The lowest BCUT2D eigenvalue weighted by molar-refractivity contribution is 1.07. The Balaban J connectivity index is 2.06. The Kier molecular flexibility index (Phi) is 2.54. The van der Waals surface area contributed by atoms with Crippen LogP contribution in [0.3, 0.4) is 0 Å². The number of aromatic nitrogens is 3. The van der Waals surface area contributed by atoms with Crippen LogP contribution in [0.4, 0.5) is 0 Å². The molecule has 0 N–H and O–H groups in total. The minimum Gasteiger partial charge on any atom is -0.268 e. The third kappa shape index (κ3) is 1.89. The van der Waals surface area contributed by atoms with Crippen LogP contribution in [0.15, 0.2) is 71.8 Å².